The van der Waals surface area contributed by atoms with Gasteiger partial charge in [-0.1, -0.05) is 46.9 Å². The van der Waals surface area contributed by atoms with Crippen LogP contribution in [0.25, 0.3) is 0 Å². The molecule has 1 aliphatic rings. The second-order valence-corrected chi connectivity index (χ2v) is 8.57. The Morgan fingerprint density at radius 3 is 2.37 bits per heavy atom. The molecule has 0 radical (unpaired) electrons. The third-order valence-electron chi connectivity index (χ3n) is 4.38. The first kappa shape index (κ1) is 24.1. The molecule has 2 atom stereocenters. The third-order valence-corrected chi connectivity index (χ3v) is 4.92. The monoisotopic (exact) mass is 476 g/mol. The van der Waals surface area contributed by atoms with Crippen molar-refractivity contribution in [1.82, 2.24) is 0 Å². The fourth-order valence-corrected chi connectivity index (χ4v) is 3.67. The molecule has 162 valence electrons. The van der Waals surface area contributed by atoms with Crippen LogP contribution in [0, 0.1) is 16.0 Å². The van der Waals surface area contributed by atoms with Crippen molar-refractivity contribution in [2.75, 3.05) is 13.2 Å². The number of carbonyl (C=O) groups excluding carboxylic acids is 2. The zero-order chi connectivity index (χ0) is 22.6. The number of hydrogen-bond donors (Lipinski definition) is 0. The van der Waals surface area contributed by atoms with Crippen LogP contribution in [0.3, 0.4) is 0 Å². The number of aliphatic imine (C=N–C) groups is 1. The molecule has 8 nitrogen and oxygen atoms in total. The van der Waals surface area contributed by atoms with Crippen LogP contribution in [0.5, 0.6) is 0 Å². The summed E-state index contributed by atoms with van der Waals surface area (Å²) in [6, 6.07) is 5.52. The van der Waals surface area contributed by atoms with Crippen molar-refractivity contribution < 1.29 is 24.0 Å². The average Bonchev–Trinajstić information content (AvgIpc) is 2.66. The zero-order valence-electron chi connectivity index (χ0n) is 16.4. The van der Waals surface area contributed by atoms with Gasteiger partial charge in [-0.05, 0) is 26.3 Å². The van der Waals surface area contributed by atoms with Crippen molar-refractivity contribution in [1.29, 1.82) is 0 Å². The molecule has 0 aliphatic carbocycles. The fourth-order valence-electron chi connectivity index (χ4n) is 3.24. The van der Waals surface area contributed by atoms with Crippen LogP contribution in [0.15, 0.2) is 40.5 Å². The Morgan fingerprint density at radius 2 is 1.83 bits per heavy atom. The second-order valence-electron chi connectivity index (χ2n) is 6.29. The van der Waals surface area contributed by atoms with E-state index in [0.29, 0.717) is 0 Å². The van der Waals surface area contributed by atoms with Crippen molar-refractivity contribution in [3.63, 3.8) is 0 Å². The van der Waals surface area contributed by atoms with Gasteiger partial charge in [-0.3, -0.25) is 19.9 Å². The van der Waals surface area contributed by atoms with Gasteiger partial charge < -0.3 is 9.47 Å². The van der Waals surface area contributed by atoms with Crippen LogP contribution >= 0.6 is 34.8 Å². The van der Waals surface area contributed by atoms with E-state index in [1.54, 1.807) is 13.8 Å². The molecule has 0 spiro atoms. The lowest BCUT2D eigenvalue weighted by molar-refractivity contribution is -0.384. The number of allylic oxidation sites excluding steroid dienone is 1. The largest absolute Gasteiger partial charge is 0.465 e. The quantitative estimate of drug-likeness (QED) is 0.258. The van der Waals surface area contributed by atoms with Gasteiger partial charge in [0.15, 0.2) is 0 Å². The second kappa shape index (κ2) is 9.76. The fraction of sp³-hybridized carbons (Fsp3) is 0.421. The first-order valence-electron chi connectivity index (χ1n) is 8.97. The number of hydrogen-bond acceptors (Lipinski definition) is 7. The van der Waals surface area contributed by atoms with Gasteiger partial charge in [-0.2, -0.15) is 0 Å². The number of alkyl halides is 3. The molecular weight excluding hydrogens is 459 g/mol. The number of non-ortho nitro benzene ring substituents is 1. The summed E-state index contributed by atoms with van der Waals surface area (Å²) in [7, 11) is 0. The molecule has 2 unspecified atom stereocenters. The normalized spacial score (nSPS) is 19.2. The predicted molar refractivity (Wildman–Crippen MR) is 113 cm³/mol. The lowest BCUT2D eigenvalue weighted by Crippen LogP contribution is -2.38. The minimum atomic E-state index is -2.11. The highest BCUT2D eigenvalue weighted by atomic mass is 35.6. The van der Waals surface area contributed by atoms with E-state index in [-0.39, 0.29) is 41.4 Å². The third kappa shape index (κ3) is 5.11. The highest BCUT2D eigenvalue weighted by molar-refractivity contribution is 6.69. The minimum absolute atomic E-state index is 0.0178. The number of carbonyl (C=O) groups is 2. The van der Waals surface area contributed by atoms with Gasteiger partial charge in [0.1, 0.15) is 11.6 Å². The topological polar surface area (TPSA) is 108 Å². The van der Waals surface area contributed by atoms with Crippen LogP contribution in [0.4, 0.5) is 5.69 Å². The van der Waals surface area contributed by atoms with Gasteiger partial charge in [0.2, 0.25) is 3.79 Å². The summed E-state index contributed by atoms with van der Waals surface area (Å²) in [6.45, 7) is 4.86. The average molecular weight is 478 g/mol. The van der Waals surface area contributed by atoms with E-state index in [4.69, 9.17) is 44.3 Å². The predicted octanol–water partition coefficient (Wildman–Crippen LogP) is 4.52. The van der Waals surface area contributed by atoms with E-state index in [9.17, 15) is 19.7 Å². The summed E-state index contributed by atoms with van der Waals surface area (Å²) < 4.78 is 8.19. The Morgan fingerprint density at radius 1 is 1.20 bits per heavy atom. The Hall–Kier alpha value is -2.16. The maximum Gasteiger partial charge on any atom is 0.336 e. The number of ether oxygens (including phenoxy) is 2. The molecule has 0 N–H and O–H groups in total. The van der Waals surface area contributed by atoms with E-state index in [2.05, 4.69) is 4.99 Å². The van der Waals surface area contributed by atoms with Crippen LogP contribution < -0.4 is 0 Å². The molecule has 0 saturated carbocycles. The maximum absolute atomic E-state index is 12.9. The number of esters is 2. The number of nitrogens with zero attached hydrogens (tertiary/aromatic N) is 2. The van der Waals surface area contributed by atoms with Crippen LogP contribution in [-0.2, 0) is 19.1 Å². The Kier molecular flexibility index (Phi) is 7.85. The van der Waals surface area contributed by atoms with Gasteiger partial charge in [-0.15, -0.1) is 0 Å². The van der Waals surface area contributed by atoms with Crippen LogP contribution in [0.1, 0.15) is 32.3 Å². The first-order chi connectivity index (χ1) is 14.0. The van der Waals surface area contributed by atoms with Crippen molar-refractivity contribution in [3.05, 3.63) is 51.2 Å². The molecule has 1 aliphatic heterocycles. The molecule has 0 bridgehead atoms. The molecule has 2 rings (SSSR count). The lowest BCUT2D eigenvalue weighted by Gasteiger charge is -2.33. The van der Waals surface area contributed by atoms with Crippen LogP contribution in [-0.4, -0.2) is 39.6 Å². The van der Waals surface area contributed by atoms with Crippen molar-refractivity contribution in [3.8, 4) is 0 Å². The van der Waals surface area contributed by atoms with Gasteiger partial charge >= 0.3 is 11.9 Å². The van der Waals surface area contributed by atoms with Crippen molar-refractivity contribution >= 4 is 58.1 Å². The Balaban J connectivity index is 2.84. The molecule has 1 aromatic rings. The molecule has 0 fully saturated rings. The summed E-state index contributed by atoms with van der Waals surface area (Å²) in [6.07, 6.45) is 0. The summed E-state index contributed by atoms with van der Waals surface area (Å²) in [5, 5.41) is 11.3. The highest BCUT2D eigenvalue weighted by Crippen LogP contribution is 2.47. The molecule has 1 aromatic carbocycles. The van der Waals surface area contributed by atoms with E-state index in [1.807, 2.05) is 0 Å². The number of nitro groups is 1. The standard InChI is InChI=1S/C19H19Cl3N2O6/c1-4-29-17(25)13-10(3)23-16(19(20,21)22)15(18(26)30-5-2)14(13)11-7-6-8-12(9-11)24(27)28/h6-9,13-14H,4-5H2,1-3H3. The number of benzene rings is 1. The van der Waals surface area contributed by atoms with Crippen molar-refractivity contribution in [2.45, 2.75) is 30.5 Å². The van der Waals surface area contributed by atoms with Gasteiger partial charge in [0.05, 0.1) is 23.7 Å². The smallest absolute Gasteiger partial charge is 0.336 e. The van der Waals surface area contributed by atoms with E-state index < -0.39 is 32.5 Å². The summed E-state index contributed by atoms with van der Waals surface area (Å²) in [5.74, 6) is -3.64. The van der Waals surface area contributed by atoms with Crippen molar-refractivity contribution in [2.24, 2.45) is 10.9 Å². The summed E-state index contributed by atoms with van der Waals surface area (Å²) in [5.41, 5.74) is -0.0824. The number of rotatable bonds is 6. The molecule has 30 heavy (non-hydrogen) atoms. The first-order valence-corrected chi connectivity index (χ1v) is 10.1. The molecular formula is C19H19Cl3N2O6. The number of halogens is 3. The van der Waals surface area contributed by atoms with Gasteiger partial charge in [0.25, 0.3) is 5.69 Å². The molecule has 0 aromatic heterocycles. The SMILES string of the molecule is CCOC(=O)C1=C(C(Cl)(Cl)Cl)N=C(C)C(C(=O)OCC)C1c1cccc([N+](=O)[O-])c1. The Bertz CT molecular complexity index is 923. The summed E-state index contributed by atoms with van der Waals surface area (Å²) in [4.78, 5) is 40.6. The molecule has 0 saturated heterocycles. The lowest BCUT2D eigenvalue weighted by atomic mass is 9.75. The Labute approximate surface area is 187 Å². The molecule has 11 heteroatoms. The molecule has 1 heterocycles. The maximum atomic E-state index is 12.9. The number of nitro benzene ring substituents is 1. The van der Waals surface area contributed by atoms with Gasteiger partial charge in [0, 0.05) is 23.8 Å². The summed E-state index contributed by atoms with van der Waals surface area (Å²) >= 11 is 18.2. The van der Waals surface area contributed by atoms with Gasteiger partial charge in [-0.25, -0.2) is 4.79 Å². The van der Waals surface area contributed by atoms with E-state index in [1.165, 1.54) is 31.2 Å². The zero-order valence-corrected chi connectivity index (χ0v) is 18.6. The highest BCUT2D eigenvalue weighted by Gasteiger charge is 2.47. The molecule has 0 amide bonds. The van der Waals surface area contributed by atoms with E-state index in [0.717, 1.165) is 0 Å². The van der Waals surface area contributed by atoms with Crippen LogP contribution in [0.2, 0.25) is 0 Å². The van der Waals surface area contributed by atoms with E-state index >= 15 is 0 Å². The minimum Gasteiger partial charge on any atom is -0.465 e.